The van der Waals surface area contributed by atoms with Crippen molar-refractivity contribution in [3.05, 3.63) is 65.0 Å². The Labute approximate surface area is 125 Å². The minimum atomic E-state index is -0.281. The summed E-state index contributed by atoms with van der Waals surface area (Å²) >= 11 is 0. The van der Waals surface area contributed by atoms with Crippen LogP contribution in [0.15, 0.2) is 42.5 Å². The zero-order valence-electron chi connectivity index (χ0n) is 12.5. The smallest absolute Gasteiger partial charge is 0.123 e. The summed E-state index contributed by atoms with van der Waals surface area (Å²) in [6.07, 6.45) is 1.32. The van der Waals surface area contributed by atoms with Crippen LogP contribution in [0.4, 0.5) is 4.39 Å². The molecule has 0 fully saturated rings. The van der Waals surface area contributed by atoms with Gasteiger partial charge in [0.1, 0.15) is 18.2 Å². The van der Waals surface area contributed by atoms with E-state index >= 15 is 0 Å². The Morgan fingerprint density at radius 3 is 2.52 bits per heavy atom. The lowest BCUT2D eigenvalue weighted by Crippen LogP contribution is -2.01. The molecule has 1 atom stereocenters. The van der Waals surface area contributed by atoms with Crippen LogP contribution in [0.25, 0.3) is 0 Å². The lowest BCUT2D eigenvalue weighted by molar-refractivity contribution is 0.185. The number of hydrogen-bond acceptors (Lipinski definition) is 2. The van der Waals surface area contributed by atoms with Crippen LogP contribution in [0.1, 0.15) is 30.0 Å². The molecule has 0 aliphatic rings. The van der Waals surface area contributed by atoms with Gasteiger partial charge < -0.3 is 9.84 Å². The third-order valence-electron chi connectivity index (χ3n) is 3.48. The fraction of sp³-hybridized carbons (Fsp3) is 0.333. The van der Waals surface area contributed by atoms with Gasteiger partial charge in [0.15, 0.2) is 0 Å². The van der Waals surface area contributed by atoms with Gasteiger partial charge in [-0.1, -0.05) is 18.2 Å². The summed E-state index contributed by atoms with van der Waals surface area (Å²) < 4.78 is 18.9. The summed E-state index contributed by atoms with van der Waals surface area (Å²) in [5.74, 6) is 0.520. The maximum atomic E-state index is 13.2. The number of benzene rings is 2. The molecule has 0 radical (unpaired) electrons. The fourth-order valence-electron chi connectivity index (χ4n) is 2.08. The first kappa shape index (κ1) is 15.5. The summed E-state index contributed by atoms with van der Waals surface area (Å²) in [6, 6.07) is 12.5. The molecule has 2 rings (SSSR count). The van der Waals surface area contributed by atoms with Crippen LogP contribution in [0.3, 0.4) is 0 Å². The number of aryl methyl sites for hydroxylation is 2. The van der Waals surface area contributed by atoms with Gasteiger partial charge in [-0.3, -0.25) is 0 Å². The molecule has 21 heavy (non-hydrogen) atoms. The fourth-order valence-corrected chi connectivity index (χ4v) is 2.08. The second-order valence-corrected chi connectivity index (χ2v) is 5.39. The molecule has 0 bridgehead atoms. The molecule has 0 aliphatic heterocycles. The van der Waals surface area contributed by atoms with Gasteiger partial charge in [-0.2, -0.15) is 0 Å². The van der Waals surface area contributed by atoms with Crippen molar-refractivity contribution in [3.8, 4) is 5.75 Å². The molecule has 0 saturated carbocycles. The molecular formula is C18H21FO2. The van der Waals surface area contributed by atoms with Gasteiger partial charge in [-0.15, -0.1) is 0 Å². The Hall–Kier alpha value is -1.87. The first-order chi connectivity index (χ1) is 10.0. The Morgan fingerprint density at radius 2 is 1.86 bits per heavy atom. The first-order valence-electron chi connectivity index (χ1n) is 7.19. The first-order valence-corrected chi connectivity index (χ1v) is 7.19. The van der Waals surface area contributed by atoms with Crippen LogP contribution in [-0.4, -0.2) is 11.2 Å². The number of aliphatic hydroxyl groups is 1. The van der Waals surface area contributed by atoms with Crippen molar-refractivity contribution in [2.75, 3.05) is 0 Å². The number of hydrogen-bond donors (Lipinski definition) is 1. The van der Waals surface area contributed by atoms with E-state index in [0.717, 1.165) is 29.7 Å². The second kappa shape index (κ2) is 7.23. The highest BCUT2D eigenvalue weighted by atomic mass is 19.1. The molecule has 0 saturated heterocycles. The monoisotopic (exact) mass is 288 g/mol. The predicted molar refractivity (Wildman–Crippen MR) is 81.9 cm³/mol. The van der Waals surface area contributed by atoms with Crippen molar-refractivity contribution in [3.63, 3.8) is 0 Å². The predicted octanol–water partition coefficient (Wildman–Crippen LogP) is 4.03. The Bertz CT molecular complexity index is 576. The molecular weight excluding hydrogens is 267 g/mol. The third kappa shape index (κ3) is 4.87. The van der Waals surface area contributed by atoms with Gasteiger partial charge in [0, 0.05) is 0 Å². The van der Waals surface area contributed by atoms with Gasteiger partial charge >= 0.3 is 0 Å². The van der Waals surface area contributed by atoms with Crippen molar-refractivity contribution < 1.29 is 14.2 Å². The standard InChI is InChI=1S/C18H21FO2/c1-13-3-8-17(19)11-16(13)12-21-18-9-6-15(7-10-18)5-4-14(2)20/h3,6-11,14,20H,4-5,12H2,1-2H3. The highest BCUT2D eigenvalue weighted by Crippen LogP contribution is 2.17. The summed E-state index contributed by atoms with van der Waals surface area (Å²) in [7, 11) is 0. The van der Waals surface area contributed by atoms with Gasteiger partial charge in [0.05, 0.1) is 6.10 Å². The topological polar surface area (TPSA) is 29.5 Å². The van der Waals surface area contributed by atoms with Crippen LogP contribution in [0.5, 0.6) is 5.75 Å². The molecule has 2 aromatic carbocycles. The van der Waals surface area contributed by atoms with E-state index < -0.39 is 0 Å². The number of halogens is 1. The van der Waals surface area contributed by atoms with E-state index in [9.17, 15) is 9.50 Å². The highest BCUT2D eigenvalue weighted by molar-refractivity contribution is 5.29. The average Bonchev–Trinajstić information content (AvgIpc) is 2.47. The van der Waals surface area contributed by atoms with E-state index in [1.165, 1.54) is 17.7 Å². The van der Waals surface area contributed by atoms with Crippen LogP contribution in [0.2, 0.25) is 0 Å². The summed E-state index contributed by atoms with van der Waals surface area (Å²) in [5, 5.41) is 9.27. The molecule has 0 spiro atoms. The van der Waals surface area contributed by atoms with Crippen molar-refractivity contribution in [1.29, 1.82) is 0 Å². The molecule has 1 unspecified atom stereocenters. The molecule has 2 aromatic rings. The van der Waals surface area contributed by atoms with E-state index in [1.54, 1.807) is 13.0 Å². The summed E-state index contributed by atoms with van der Waals surface area (Å²) in [5.41, 5.74) is 3.04. The second-order valence-electron chi connectivity index (χ2n) is 5.39. The van der Waals surface area contributed by atoms with Crippen LogP contribution in [0, 0.1) is 12.7 Å². The van der Waals surface area contributed by atoms with Crippen molar-refractivity contribution in [2.45, 2.75) is 39.4 Å². The maximum Gasteiger partial charge on any atom is 0.123 e. The minimum Gasteiger partial charge on any atom is -0.489 e. The van der Waals surface area contributed by atoms with Crippen LogP contribution in [-0.2, 0) is 13.0 Å². The molecule has 0 aromatic heterocycles. The zero-order chi connectivity index (χ0) is 15.2. The Morgan fingerprint density at radius 1 is 1.14 bits per heavy atom. The van der Waals surface area contributed by atoms with Crippen molar-refractivity contribution in [2.24, 2.45) is 0 Å². The van der Waals surface area contributed by atoms with Crippen LogP contribution >= 0.6 is 0 Å². The molecule has 3 heteroatoms. The van der Waals surface area contributed by atoms with Crippen LogP contribution < -0.4 is 4.74 Å². The van der Waals surface area contributed by atoms with E-state index in [-0.39, 0.29) is 11.9 Å². The number of aliphatic hydroxyl groups excluding tert-OH is 1. The van der Waals surface area contributed by atoms with Crippen molar-refractivity contribution in [1.82, 2.24) is 0 Å². The maximum absolute atomic E-state index is 13.2. The quantitative estimate of drug-likeness (QED) is 0.869. The molecule has 0 heterocycles. The Balaban J connectivity index is 1.93. The third-order valence-corrected chi connectivity index (χ3v) is 3.48. The molecule has 1 N–H and O–H groups in total. The number of rotatable bonds is 6. The van der Waals surface area contributed by atoms with E-state index in [0.29, 0.717) is 6.61 Å². The molecule has 112 valence electrons. The lowest BCUT2D eigenvalue weighted by atomic mass is 10.1. The molecule has 2 nitrogen and oxygen atoms in total. The highest BCUT2D eigenvalue weighted by Gasteiger charge is 2.03. The summed E-state index contributed by atoms with van der Waals surface area (Å²) in [6.45, 7) is 4.09. The lowest BCUT2D eigenvalue weighted by Gasteiger charge is -2.10. The largest absolute Gasteiger partial charge is 0.489 e. The zero-order valence-corrected chi connectivity index (χ0v) is 12.5. The molecule has 0 amide bonds. The van der Waals surface area contributed by atoms with E-state index in [1.807, 2.05) is 31.2 Å². The molecule has 0 aliphatic carbocycles. The summed E-state index contributed by atoms with van der Waals surface area (Å²) in [4.78, 5) is 0. The van der Waals surface area contributed by atoms with Gasteiger partial charge in [0.25, 0.3) is 0 Å². The Kier molecular flexibility index (Phi) is 5.34. The normalized spacial score (nSPS) is 12.2. The van der Waals surface area contributed by atoms with Gasteiger partial charge in [-0.05, 0) is 67.6 Å². The van der Waals surface area contributed by atoms with E-state index in [2.05, 4.69) is 0 Å². The minimum absolute atomic E-state index is 0.243. The van der Waals surface area contributed by atoms with Gasteiger partial charge in [-0.25, -0.2) is 4.39 Å². The number of ether oxygens (including phenoxy) is 1. The average molecular weight is 288 g/mol. The SMILES string of the molecule is Cc1ccc(F)cc1COc1ccc(CCC(C)O)cc1. The van der Waals surface area contributed by atoms with Gasteiger partial charge in [0.2, 0.25) is 0 Å². The van der Waals surface area contributed by atoms with E-state index in [4.69, 9.17) is 4.74 Å². The van der Waals surface area contributed by atoms with Crippen molar-refractivity contribution >= 4 is 0 Å².